The Bertz CT molecular complexity index is 572. The number of nitrogens with one attached hydrogen (secondary N) is 2. The van der Waals surface area contributed by atoms with Crippen LogP contribution in [0.3, 0.4) is 0 Å². The molecule has 0 radical (unpaired) electrons. The summed E-state index contributed by atoms with van der Waals surface area (Å²) in [6.07, 6.45) is 4.83. The van der Waals surface area contributed by atoms with Crippen LogP contribution in [-0.2, 0) is 23.9 Å². The van der Waals surface area contributed by atoms with Crippen molar-refractivity contribution in [3.05, 3.63) is 6.42 Å². The zero-order valence-corrected chi connectivity index (χ0v) is 19.3. The quantitative estimate of drug-likeness (QED) is 0.135. The number of methoxy groups -OCH3 is 1. The average molecular weight is 670 g/mol. The molecule has 9 heteroatoms. The molecule has 3 aliphatic heterocycles. The standard InChI is InChI=1S/C10H11O4.C5H6IN2O.U/c1-13-9(11)7-4-2-5-6(3-4)14-10(12)8(5)7;6-3(2-9)5-4(8-5)1-7-5;/h3-8H,2H2,1H3;3-4,7-8H,1H2;/q2*-1;+2. The number of fused-ring (bicyclic) bond motifs is 2. The number of hydrogen-bond acceptors (Lipinski definition) is 7. The zero-order chi connectivity index (χ0) is 16.4. The van der Waals surface area contributed by atoms with Gasteiger partial charge in [-0.2, -0.15) is 0 Å². The SMILES string of the molecule is COC(=O)C1C2[CH-]C3OC(=O)C1C3C2.O=[C-]C(I)C12NCC1N2.[U+2]. The van der Waals surface area contributed by atoms with Crippen molar-refractivity contribution in [1.82, 2.24) is 10.6 Å². The fraction of sp³-hybridized carbons (Fsp3) is 0.733. The van der Waals surface area contributed by atoms with Crippen molar-refractivity contribution in [2.75, 3.05) is 13.7 Å². The predicted molar refractivity (Wildman–Crippen MR) is 85.9 cm³/mol. The second-order valence-electron chi connectivity index (χ2n) is 6.66. The molecule has 0 spiro atoms. The van der Waals surface area contributed by atoms with Gasteiger partial charge in [0.15, 0.2) is 0 Å². The minimum absolute atomic E-state index is 0. The van der Waals surface area contributed by atoms with Crippen LogP contribution in [0.2, 0.25) is 0 Å². The van der Waals surface area contributed by atoms with Gasteiger partial charge in [-0.15, -0.1) is 28.5 Å². The van der Waals surface area contributed by atoms with E-state index in [2.05, 4.69) is 33.2 Å². The summed E-state index contributed by atoms with van der Waals surface area (Å²) in [7, 11) is 1.37. The first-order chi connectivity index (χ1) is 11.0. The first-order valence-corrected chi connectivity index (χ1v) is 8.94. The Morgan fingerprint density at radius 3 is 2.79 bits per heavy atom. The Morgan fingerprint density at radius 1 is 1.58 bits per heavy atom. The Kier molecular flexibility index (Phi) is 5.41. The normalized spacial score (nSPS) is 46.3. The summed E-state index contributed by atoms with van der Waals surface area (Å²) in [5.74, 6) is -0.577. The van der Waals surface area contributed by atoms with Crippen LogP contribution in [0.25, 0.3) is 0 Å². The summed E-state index contributed by atoms with van der Waals surface area (Å²) in [6, 6.07) is 0.542. The van der Waals surface area contributed by atoms with Gasteiger partial charge in [0, 0.05) is 12.5 Å². The van der Waals surface area contributed by atoms with Crippen LogP contribution in [-0.4, -0.2) is 53.6 Å². The number of hydrogen-bond donors (Lipinski definition) is 2. The largest absolute Gasteiger partial charge is 2.00 e. The van der Waals surface area contributed by atoms with Crippen molar-refractivity contribution in [1.29, 1.82) is 0 Å². The maximum atomic E-state index is 11.5. The predicted octanol–water partition coefficient (Wildman–Crippen LogP) is -0.658. The summed E-state index contributed by atoms with van der Waals surface area (Å²) >= 11 is 2.09. The van der Waals surface area contributed by atoms with E-state index in [4.69, 9.17) is 9.47 Å². The van der Waals surface area contributed by atoms with E-state index in [1.165, 1.54) is 7.11 Å². The third-order valence-corrected chi connectivity index (χ3v) is 6.93. The van der Waals surface area contributed by atoms with Gasteiger partial charge in [-0.1, -0.05) is 10.3 Å². The van der Waals surface area contributed by atoms with E-state index in [1.807, 2.05) is 12.7 Å². The van der Waals surface area contributed by atoms with Crippen LogP contribution in [0.15, 0.2) is 0 Å². The third-order valence-electron chi connectivity index (χ3n) is 5.69. The molecule has 8 atom stereocenters. The molecule has 2 N–H and O–H groups in total. The molecule has 5 aliphatic rings. The van der Waals surface area contributed by atoms with Crippen molar-refractivity contribution in [3.63, 3.8) is 0 Å². The van der Waals surface area contributed by atoms with Crippen LogP contribution in [0.4, 0.5) is 0 Å². The van der Waals surface area contributed by atoms with Gasteiger partial charge in [0.05, 0.1) is 24.7 Å². The molecular weight excluding hydrogens is 653 g/mol. The summed E-state index contributed by atoms with van der Waals surface area (Å²) in [6.45, 7) is 1.00. The van der Waals surface area contributed by atoms with Gasteiger partial charge in [0.2, 0.25) is 0 Å². The fourth-order valence-corrected chi connectivity index (χ4v) is 5.22. The molecule has 128 valence electrons. The molecular formula is C15H17IN2O5U. The van der Waals surface area contributed by atoms with Crippen LogP contribution < -0.4 is 10.6 Å². The van der Waals surface area contributed by atoms with Crippen molar-refractivity contribution < 1.29 is 55.0 Å². The van der Waals surface area contributed by atoms with Crippen molar-refractivity contribution in [3.8, 4) is 0 Å². The minimum Gasteiger partial charge on any atom is -0.541 e. The van der Waals surface area contributed by atoms with Crippen molar-refractivity contribution in [2.24, 2.45) is 23.7 Å². The second-order valence-corrected chi connectivity index (χ2v) is 7.90. The smallest absolute Gasteiger partial charge is 0.541 e. The summed E-state index contributed by atoms with van der Waals surface area (Å²) in [5, 5.41) is 6.35. The van der Waals surface area contributed by atoms with E-state index in [9.17, 15) is 14.4 Å². The van der Waals surface area contributed by atoms with Gasteiger partial charge in [-0.25, -0.2) is 6.29 Å². The van der Waals surface area contributed by atoms with E-state index in [0.717, 1.165) is 13.0 Å². The Labute approximate surface area is 177 Å². The molecule has 7 nitrogen and oxygen atoms in total. The number of halogens is 1. The molecule has 0 aromatic rings. The van der Waals surface area contributed by atoms with E-state index in [-0.39, 0.29) is 82.4 Å². The summed E-state index contributed by atoms with van der Waals surface area (Å²) in [5.41, 5.74) is -0.0394. The van der Waals surface area contributed by atoms with E-state index < -0.39 is 0 Å². The van der Waals surface area contributed by atoms with Gasteiger partial charge in [0.25, 0.3) is 0 Å². The molecule has 5 rings (SSSR count). The molecule has 2 aliphatic carbocycles. The number of carbonyl (C=O) groups excluding carboxylic acids is 3. The monoisotopic (exact) mass is 670 g/mol. The van der Waals surface area contributed by atoms with Crippen LogP contribution in [0, 0.1) is 61.2 Å². The molecule has 2 bridgehead atoms. The Hall–Kier alpha value is 0.312. The van der Waals surface area contributed by atoms with Gasteiger partial charge >= 0.3 is 43.1 Å². The number of alkyl halides is 1. The third kappa shape index (κ3) is 2.70. The molecule has 0 amide bonds. The van der Waals surface area contributed by atoms with Crippen molar-refractivity contribution >= 4 is 40.8 Å². The second kappa shape index (κ2) is 6.80. The molecule has 5 fully saturated rings. The number of carbonyl (C=O) groups is 2. The molecule has 3 heterocycles. The first-order valence-electron chi connectivity index (χ1n) is 7.69. The Morgan fingerprint density at radius 2 is 2.33 bits per heavy atom. The molecule has 0 aromatic heterocycles. The van der Waals surface area contributed by atoms with Crippen LogP contribution in [0.5, 0.6) is 0 Å². The van der Waals surface area contributed by atoms with Gasteiger partial charge in [-0.05, 0) is 12.0 Å². The summed E-state index contributed by atoms with van der Waals surface area (Å²) in [4.78, 5) is 33.1. The van der Waals surface area contributed by atoms with E-state index in [0.29, 0.717) is 6.04 Å². The average Bonchev–Trinajstić information content (AvgIpc) is 2.90. The van der Waals surface area contributed by atoms with Gasteiger partial charge in [-0.3, -0.25) is 26.6 Å². The number of rotatable bonds is 3. The van der Waals surface area contributed by atoms with Gasteiger partial charge in [0.1, 0.15) is 0 Å². The maximum Gasteiger partial charge on any atom is 2.00 e. The summed E-state index contributed by atoms with van der Waals surface area (Å²) < 4.78 is 9.85. The van der Waals surface area contributed by atoms with E-state index in [1.54, 1.807) is 0 Å². The van der Waals surface area contributed by atoms with Crippen molar-refractivity contribution in [2.45, 2.75) is 28.2 Å². The molecule has 24 heavy (non-hydrogen) atoms. The van der Waals surface area contributed by atoms with Crippen LogP contribution >= 0.6 is 22.6 Å². The number of ether oxygens (including phenoxy) is 2. The minimum atomic E-state index is -0.281. The molecule has 8 unspecified atom stereocenters. The molecule has 3 saturated heterocycles. The molecule has 2 saturated carbocycles. The van der Waals surface area contributed by atoms with Gasteiger partial charge < -0.3 is 14.3 Å². The first kappa shape index (κ1) is 19.1. The van der Waals surface area contributed by atoms with Crippen LogP contribution in [0.1, 0.15) is 6.42 Å². The maximum absolute atomic E-state index is 11.5. The number of esters is 2. The van der Waals surface area contributed by atoms with E-state index >= 15 is 0 Å². The zero-order valence-electron chi connectivity index (χ0n) is 13.0. The topological polar surface area (TPSA) is 104 Å². The Balaban J connectivity index is 0.000000147. The molecule has 0 aromatic carbocycles. The fourth-order valence-electron chi connectivity index (χ4n) is 4.39.